The Morgan fingerprint density at radius 2 is 1.47 bits per heavy atom. The Labute approximate surface area is 225 Å². The Bertz CT molecular complexity index is 1370. The first-order valence-electron chi connectivity index (χ1n) is 11.0. The van der Waals surface area contributed by atoms with Crippen molar-refractivity contribution in [2.75, 3.05) is 19.8 Å². The fourth-order valence-electron chi connectivity index (χ4n) is 3.34. The fraction of sp³-hybridized carbons (Fsp3) is 0.111. The van der Waals surface area contributed by atoms with Crippen molar-refractivity contribution < 1.29 is 23.8 Å². The van der Waals surface area contributed by atoms with Gasteiger partial charge in [-0.05, 0) is 69.2 Å². The number of hydrazine groups is 1. The summed E-state index contributed by atoms with van der Waals surface area (Å²) in [6, 6.07) is 25.7. The predicted octanol–water partition coefficient (Wildman–Crippen LogP) is 5.66. The molecule has 0 aliphatic carbocycles. The average Bonchev–Trinajstić information content (AvgIpc) is 2.90. The molecule has 0 fully saturated rings. The maximum atomic E-state index is 12.6. The molecule has 0 radical (unpaired) electrons. The highest BCUT2D eigenvalue weighted by molar-refractivity contribution is 9.11. The van der Waals surface area contributed by atoms with E-state index in [1.54, 1.807) is 30.3 Å². The van der Waals surface area contributed by atoms with E-state index < -0.39 is 11.8 Å². The van der Waals surface area contributed by atoms with Gasteiger partial charge in [0.05, 0.1) is 10.0 Å². The third-order valence-corrected chi connectivity index (χ3v) is 6.35. The highest BCUT2D eigenvalue weighted by Gasteiger charge is 2.14. The highest BCUT2D eigenvalue weighted by Crippen LogP contribution is 2.34. The Balaban J connectivity index is 1.26. The van der Waals surface area contributed by atoms with E-state index in [-0.39, 0.29) is 18.8 Å². The molecule has 2 N–H and O–H groups in total. The van der Waals surface area contributed by atoms with Crippen molar-refractivity contribution in [1.29, 1.82) is 0 Å². The van der Waals surface area contributed by atoms with Gasteiger partial charge in [-0.3, -0.25) is 20.4 Å². The van der Waals surface area contributed by atoms with Crippen LogP contribution in [-0.4, -0.2) is 31.6 Å². The summed E-state index contributed by atoms with van der Waals surface area (Å²) in [5, 5.41) is 1.98. The largest absolute Gasteiger partial charge is 0.490 e. The molecule has 4 rings (SSSR count). The summed E-state index contributed by atoms with van der Waals surface area (Å²) in [6.45, 7) is 0.280. The van der Waals surface area contributed by atoms with E-state index >= 15 is 0 Å². The van der Waals surface area contributed by atoms with E-state index in [9.17, 15) is 9.59 Å². The van der Waals surface area contributed by atoms with Crippen molar-refractivity contribution >= 4 is 54.4 Å². The average molecular weight is 614 g/mol. The lowest BCUT2D eigenvalue weighted by atomic mass is 10.1. The molecule has 9 heteroatoms. The van der Waals surface area contributed by atoms with E-state index in [1.807, 2.05) is 54.6 Å². The number of amides is 2. The highest BCUT2D eigenvalue weighted by atomic mass is 79.9. The third kappa shape index (κ3) is 6.77. The number of para-hydroxylation sites is 2. The van der Waals surface area contributed by atoms with Crippen LogP contribution in [-0.2, 0) is 4.79 Å². The zero-order valence-corrected chi connectivity index (χ0v) is 22.2. The minimum atomic E-state index is -0.514. The number of carbonyl (C=O) groups is 2. The summed E-state index contributed by atoms with van der Waals surface area (Å²) in [7, 11) is 0. The summed E-state index contributed by atoms with van der Waals surface area (Å²) in [5.74, 6) is 0.605. The summed E-state index contributed by atoms with van der Waals surface area (Å²) in [4.78, 5) is 24.9. The minimum Gasteiger partial charge on any atom is -0.490 e. The Hall–Kier alpha value is -3.56. The zero-order valence-electron chi connectivity index (χ0n) is 19.0. The molecule has 184 valence electrons. The number of ether oxygens (including phenoxy) is 3. The first-order chi connectivity index (χ1) is 17.5. The van der Waals surface area contributed by atoms with Crippen LogP contribution in [0.25, 0.3) is 10.8 Å². The van der Waals surface area contributed by atoms with Crippen LogP contribution in [0, 0.1) is 0 Å². The van der Waals surface area contributed by atoms with Crippen molar-refractivity contribution in [3.8, 4) is 17.2 Å². The Morgan fingerprint density at radius 3 is 2.31 bits per heavy atom. The third-order valence-electron chi connectivity index (χ3n) is 5.04. The topological polar surface area (TPSA) is 85.9 Å². The molecular weight excluding hydrogens is 592 g/mol. The van der Waals surface area contributed by atoms with Crippen LogP contribution < -0.4 is 25.1 Å². The van der Waals surface area contributed by atoms with Crippen molar-refractivity contribution in [3.63, 3.8) is 0 Å². The predicted molar refractivity (Wildman–Crippen MR) is 144 cm³/mol. The number of halogens is 2. The van der Waals surface area contributed by atoms with Crippen LogP contribution in [0.3, 0.4) is 0 Å². The normalized spacial score (nSPS) is 10.5. The number of hydrogen-bond acceptors (Lipinski definition) is 5. The van der Waals surface area contributed by atoms with E-state index in [4.69, 9.17) is 14.2 Å². The maximum absolute atomic E-state index is 12.6. The summed E-state index contributed by atoms with van der Waals surface area (Å²) >= 11 is 6.98. The molecule has 0 aromatic heterocycles. The molecule has 36 heavy (non-hydrogen) atoms. The molecule has 0 bridgehead atoms. The molecule has 0 saturated heterocycles. The molecule has 0 unspecified atom stereocenters. The van der Waals surface area contributed by atoms with Crippen LogP contribution >= 0.6 is 31.9 Å². The molecular formula is C27H22Br2N2O5. The molecule has 2 amide bonds. The standard InChI is InChI=1S/C27H22Br2N2O5/c28-19-11-12-21-18(16-19)10-13-24(26(21)29)36-17-25(32)30-31-27(33)22-8-4-5-9-23(22)35-15-14-34-20-6-2-1-3-7-20/h1-13,16H,14-15,17H2,(H,30,32)(H,31,33). The maximum Gasteiger partial charge on any atom is 0.276 e. The molecule has 0 aliphatic heterocycles. The van der Waals surface area contributed by atoms with Crippen molar-refractivity contribution in [2.45, 2.75) is 0 Å². The van der Waals surface area contributed by atoms with E-state index in [2.05, 4.69) is 42.7 Å². The summed E-state index contributed by atoms with van der Waals surface area (Å²) in [6.07, 6.45) is 0. The van der Waals surface area contributed by atoms with Gasteiger partial charge in [-0.1, -0.05) is 58.4 Å². The van der Waals surface area contributed by atoms with E-state index in [0.29, 0.717) is 18.1 Å². The molecule has 4 aromatic carbocycles. The second-order valence-electron chi connectivity index (χ2n) is 7.54. The number of benzene rings is 4. The number of hydrogen-bond donors (Lipinski definition) is 2. The van der Waals surface area contributed by atoms with Gasteiger partial charge in [0.25, 0.3) is 11.8 Å². The van der Waals surface area contributed by atoms with Crippen LogP contribution in [0.4, 0.5) is 0 Å². The minimum absolute atomic E-state index is 0.247. The van der Waals surface area contributed by atoms with Crippen molar-refractivity contribution in [3.05, 3.63) is 99.4 Å². The Kier molecular flexibility index (Phi) is 8.80. The molecule has 0 heterocycles. The van der Waals surface area contributed by atoms with Gasteiger partial charge in [0.15, 0.2) is 6.61 Å². The molecule has 0 atom stereocenters. The smallest absolute Gasteiger partial charge is 0.276 e. The molecule has 0 spiro atoms. The second-order valence-corrected chi connectivity index (χ2v) is 9.25. The Morgan fingerprint density at radius 1 is 0.722 bits per heavy atom. The number of rotatable bonds is 9. The summed E-state index contributed by atoms with van der Waals surface area (Å²) < 4.78 is 18.7. The first-order valence-corrected chi connectivity index (χ1v) is 12.6. The van der Waals surface area contributed by atoms with Gasteiger partial charge in [0.2, 0.25) is 0 Å². The summed E-state index contributed by atoms with van der Waals surface area (Å²) in [5.41, 5.74) is 5.04. The van der Waals surface area contributed by atoms with Gasteiger partial charge in [0.1, 0.15) is 30.5 Å². The van der Waals surface area contributed by atoms with E-state index in [0.717, 1.165) is 25.5 Å². The first kappa shape index (κ1) is 25.5. The molecule has 7 nitrogen and oxygen atoms in total. The van der Waals surface area contributed by atoms with Crippen LogP contribution in [0.15, 0.2) is 93.9 Å². The van der Waals surface area contributed by atoms with Gasteiger partial charge in [-0.25, -0.2) is 0 Å². The van der Waals surface area contributed by atoms with Gasteiger partial charge >= 0.3 is 0 Å². The van der Waals surface area contributed by atoms with Gasteiger partial charge in [0, 0.05) is 4.47 Å². The number of fused-ring (bicyclic) bond motifs is 1. The van der Waals surface area contributed by atoms with Gasteiger partial charge < -0.3 is 14.2 Å². The molecule has 4 aromatic rings. The van der Waals surface area contributed by atoms with Crippen molar-refractivity contribution in [2.24, 2.45) is 0 Å². The number of nitrogens with one attached hydrogen (secondary N) is 2. The van der Waals surface area contributed by atoms with Crippen LogP contribution in [0.5, 0.6) is 17.2 Å². The monoisotopic (exact) mass is 612 g/mol. The SMILES string of the molecule is O=C(COc1ccc2cc(Br)ccc2c1Br)NNC(=O)c1ccccc1OCCOc1ccccc1. The van der Waals surface area contributed by atoms with Gasteiger partial charge in [-0.15, -0.1) is 0 Å². The fourth-order valence-corrected chi connectivity index (χ4v) is 4.32. The molecule has 0 aliphatic rings. The lowest BCUT2D eigenvalue weighted by molar-refractivity contribution is -0.123. The van der Waals surface area contributed by atoms with E-state index in [1.165, 1.54) is 0 Å². The zero-order chi connectivity index (χ0) is 25.3. The van der Waals surface area contributed by atoms with Gasteiger partial charge in [-0.2, -0.15) is 0 Å². The van der Waals surface area contributed by atoms with Crippen LogP contribution in [0.2, 0.25) is 0 Å². The molecule has 0 saturated carbocycles. The quantitative estimate of drug-likeness (QED) is 0.188. The lowest BCUT2D eigenvalue weighted by Gasteiger charge is -2.13. The number of carbonyl (C=O) groups excluding carboxylic acids is 2. The van der Waals surface area contributed by atoms with Crippen molar-refractivity contribution in [1.82, 2.24) is 10.9 Å². The lowest BCUT2D eigenvalue weighted by Crippen LogP contribution is -2.44. The van der Waals surface area contributed by atoms with Crippen LogP contribution in [0.1, 0.15) is 10.4 Å². The second kappa shape index (κ2) is 12.4.